The number of halogens is 1. The molecule has 1 fully saturated rings. The summed E-state index contributed by atoms with van der Waals surface area (Å²) in [4.78, 5) is 11.1. The van der Waals surface area contributed by atoms with Gasteiger partial charge in [-0.2, -0.15) is 0 Å². The van der Waals surface area contributed by atoms with Crippen molar-refractivity contribution in [1.82, 2.24) is 0 Å². The Kier molecular flexibility index (Phi) is 3.94. The number of alkyl halides is 1. The van der Waals surface area contributed by atoms with E-state index >= 15 is 0 Å². The first-order valence-electron chi connectivity index (χ1n) is 4.60. The molecule has 94 valence electrons. The number of rotatable bonds is 3. The molecule has 0 spiro atoms. The van der Waals surface area contributed by atoms with Crippen LogP contribution in [0.15, 0.2) is 0 Å². The third kappa shape index (κ3) is 1.95. The molecular formula is C8H14FNO6. The maximum absolute atomic E-state index is 12.2. The lowest BCUT2D eigenvalue weighted by atomic mass is 9.89. The molecule has 0 aromatic heterocycles. The van der Waals surface area contributed by atoms with Crippen LogP contribution in [0.2, 0.25) is 0 Å². The normalized spacial score (nSPS) is 44.4. The Bertz CT molecular complexity index is 275. The van der Waals surface area contributed by atoms with E-state index in [0.717, 1.165) is 0 Å². The van der Waals surface area contributed by atoms with Gasteiger partial charge in [0.25, 0.3) is 0 Å². The summed E-state index contributed by atoms with van der Waals surface area (Å²) < 4.78 is 16.8. The molecule has 16 heavy (non-hydrogen) atoms. The second-order valence-electron chi connectivity index (χ2n) is 3.60. The van der Waals surface area contributed by atoms with E-state index in [9.17, 15) is 24.5 Å². The van der Waals surface area contributed by atoms with Crippen LogP contribution < -0.4 is 5.73 Å². The Hall–Kier alpha value is -0.640. The van der Waals surface area contributed by atoms with Gasteiger partial charge in [0, 0.05) is 0 Å². The first-order chi connectivity index (χ1) is 7.38. The van der Waals surface area contributed by atoms with Crippen LogP contribution in [0.5, 0.6) is 0 Å². The van der Waals surface area contributed by atoms with Crippen molar-refractivity contribution in [2.75, 3.05) is 13.3 Å². The minimum Gasteiger partial charge on any atom is -0.394 e. The van der Waals surface area contributed by atoms with E-state index in [1.807, 2.05) is 0 Å². The number of nitrogens with two attached hydrogens (primary N) is 1. The fourth-order valence-corrected chi connectivity index (χ4v) is 1.54. The number of carbonyl (C=O) groups is 1. The molecule has 0 aromatic rings. The van der Waals surface area contributed by atoms with Crippen molar-refractivity contribution in [3.8, 4) is 0 Å². The lowest BCUT2D eigenvalue weighted by Gasteiger charge is -2.44. The Morgan fingerprint density at radius 1 is 1.44 bits per heavy atom. The molecule has 1 rings (SSSR count). The average molecular weight is 239 g/mol. The number of aliphatic hydroxyl groups excluding tert-OH is 3. The van der Waals surface area contributed by atoms with Gasteiger partial charge < -0.3 is 30.9 Å². The van der Waals surface area contributed by atoms with Crippen LogP contribution >= 0.6 is 0 Å². The van der Waals surface area contributed by atoms with E-state index in [1.165, 1.54) is 0 Å². The second kappa shape index (κ2) is 4.70. The molecule has 0 saturated carbocycles. The van der Waals surface area contributed by atoms with Crippen LogP contribution in [0, 0.1) is 0 Å². The van der Waals surface area contributed by atoms with Gasteiger partial charge in [0.1, 0.15) is 18.3 Å². The summed E-state index contributed by atoms with van der Waals surface area (Å²) in [6, 6.07) is -1.69. The fraction of sp³-hybridized carbons (Fsp3) is 0.875. The van der Waals surface area contributed by atoms with Crippen LogP contribution in [-0.2, 0) is 9.53 Å². The van der Waals surface area contributed by atoms with Gasteiger partial charge in [-0.1, -0.05) is 0 Å². The van der Waals surface area contributed by atoms with E-state index < -0.39 is 49.2 Å². The highest BCUT2D eigenvalue weighted by Gasteiger charge is 2.55. The molecule has 0 aliphatic carbocycles. The summed E-state index contributed by atoms with van der Waals surface area (Å²) in [6.07, 6.45) is -4.67. The molecule has 0 bridgehead atoms. The quantitative estimate of drug-likeness (QED) is 0.347. The highest BCUT2D eigenvalue weighted by atomic mass is 19.1. The Morgan fingerprint density at radius 3 is 2.44 bits per heavy atom. The van der Waals surface area contributed by atoms with Crippen LogP contribution in [0.1, 0.15) is 0 Å². The number of hydrogen-bond acceptors (Lipinski definition) is 7. The molecular weight excluding hydrogens is 225 g/mol. The van der Waals surface area contributed by atoms with Crippen molar-refractivity contribution in [3.63, 3.8) is 0 Å². The van der Waals surface area contributed by atoms with E-state index in [1.54, 1.807) is 0 Å². The summed E-state index contributed by atoms with van der Waals surface area (Å²) in [7, 11) is 0. The monoisotopic (exact) mass is 239 g/mol. The van der Waals surface area contributed by atoms with Crippen molar-refractivity contribution in [3.05, 3.63) is 0 Å². The van der Waals surface area contributed by atoms with Gasteiger partial charge in [0.2, 0.25) is 11.6 Å². The number of hydrogen-bond donors (Lipinski definition) is 5. The van der Waals surface area contributed by atoms with E-state index in [-0.39, 0.29) is 0 Å². The summed E-state index contributed by atoms with van der Waals surface area (Å²) in [5.41, 5.74) is 5.29. The Balaban J connectivity index is 2.98. The first-order valence-corrected chi connectivity index (χ1v) is 4.60. The zero-order chi connectivity index (χ0) is 12.5. The minimum atomic E-state index is -2.74. The SMILES string of the molecule is N[C@@H]1[C@@H](O)[C@H](O)[C@@H](CO)OC1(O)C(=O)CF. The molecule has 0 amide bonds. The molecule has 0 radical (unpaired) electrons. The predicted molar refractivity (Wildman–Crippen MR) is 47.9 cm³/mol. The number of Topliss-reactive ketones (excluding diaryl/α,β-unsaturated/α-hetero) is 1. The zero-order valence-corrected chi connectivity index (χ0v) is 8.28. The van der Waals surface area contributed by atoms with Crippen molar-refractivity contribution < 1.29 is 34.3 Å². The maximum Gasteiger partial charge on any atom is 0.248 e. The number of aliphatic hydroxyl groups is 4. The van der Waals surface area contributed by atoms with Crippen molar-refractivity contribution in [1.29, 1.82) is 0 Å². The van der Waals surface area contributed by atoms with Crippen molar-refractivity contribution in [2.45, 2.75) is 30.1 Å². The fourth-order valence-electron chi connectivity index (χ4n) is 1.54. The molecule has 0 aromatic carbocycles. The molecule has 1 saturated heterocycles. The van der Waals surface area contributed by atoms with E-state index in [0.29, 0.717) is 0 Å². The van der Waals surface area contributed by atoms with Gasteiger partial charge in [-0.3, -0.25) is 4.79 Å². The predicted octanol–water partition coefficient (Wildman–Crippen LogP) is -3.35. The highest BCUT2D eigenvalue weighted by Crippen LogP contribution is 2.27. The molecule has 1 aliphatic rings. The van der Waals surface area contributed by atoms with Gasteiger partial charge >= 0.3 is 0 Å². The number of carbonyl (C=O) groups excluding carboxylic acids is 1. The standard InChI is InChI=1S/C8H14FNO6/c9-1-4(12)8(15)7(10)6(14)5(13)3(2-11)16-8/h3,5-7,11,13-15H,1-2,10H2/t3-,5-,6+,7-,8?/m1/s1. The lowest BCUT2D eigenvalue weighted by molar-refractivity contribution is -0.297. The van der Waals surface area contributed by atoms with Gasteiger partial charge in [-0.15, -0.1) is 0 Å². The molecule has 1 unspecified atom stereocenters. The van der Waals surface area contributed by atoms with Crippen molar-refractivity contribution in [2.24, 2.45) is 5.73 Å². The third-order valence-electron chi connectivity index (χ3n) is 2.58. The van der Waals surface area contributed by atoms with Crippen LogP contribution in [-0.4, -0.2) is 69.6 Å². The number of ketones is 1. The maximum atomic E-state index is 12.2. The van der Waals surface area contributed by atoms with Gasteiger partial charge in [-0.05, 0) is 0 Å². The highest BCUT2D eigenvalue weighted by molar-refractivity contribution is 5.87. The zero-order valence-electron chi connectivity index (χ0n) is 8.28. The summed E-state index contributed by atoms with van der Waals surface area (Å²) in [5, 5.41) is 37.3. The minimum absolute atomic E-state index is 0.757. The number of ether oxygens (including phenoxy) is 1. The lowest BCUT2D eigenvalue weighted by Crippen LogP contribution is -2.71. The van der Waals surface area contributed by atoms with Crippen LogP contribution in [0.4, 0.5) is 4.39 Å². The topological polar surface area (TPSA) is 133 Å². The molecule has 7 nitrogen and oxygen atoms in total. The van der Waals surface area contributed by atoms with Gasteiger partial charge in [-0.25, -0.2) is 4.39 Å². The molecule has 6 N–H and O–H groups in total. The van der Waals surface area contributed by atoms with Gasteiger partial charge in [0.05, 0.1) is 12.6 Å². The van der Waals surface area contributed by atoms with Crippen LogP contribution in [0.25, 0.3) is 0 Å². The van der Waals surface area contributed by atoms with Gasteiger partial charge in [0.15, 0.2) is 6.67 Å². The summed E-state index contributed by atoms with van der Waals surface area (Å²) in [6.45, 7) is -2.29. The smallest absolute Gasteiger partial charge is 0.248 e. The Morgan fingerprint density at radius 2 is 2.00 bits per heavy atom. The average Bonchev–Trinajstić information content (AvgIpc) is 2.30. The van der Waals surface area contributed by atoms with Crippen LogP contribution in [0.3, 0.4) is 0 Å². The summed E-state index contributed by atoms with van der Waals surface area (Å²) in [5.74, 6) is -4.11. The third-order valence-corrected chi connectivity index (χ3v) is 2.58. The van der Waals surface area contributed by atoms with Crippen molar-refractivity contribution >= 4 is 5.78 Å². The molecule has 8 heteroatoms. The molecule has 1 heterocycles. The largest absolute Gasteiger partial charge is 0.394 e. The Labute approximate surface area is 90.2 Å². The first kappa shape index (κ1) is 13.4. The molecule has 5 atom stereocenters. The second-order valence-corrected chi connectivity index (χ2v) is 3.60. The van der Waals surface area contributed by atoms with E-state index in [2.05, 4.69) is 4.74 Å². The molecule has 1 aliphatic heterocycles. The summed E-state index contributed by atoms with van der Waals surface area (Å²) >= 11 is 0. The van der Waals surface area contributed by atoms with E-state index in [4.69, 9.17) is 10.8 Å².